The number of hydrogen-bond acceptors (Lipinski definition) is 3. The summed E-state index contributed by atoms with van der Waals surface area (Å²) in [7, 11) is 0. The lowest BCUT2D eigenvalue weighted by molar-refractivity contribution is -0.158. The van der Waals surface area contributed by atoms with E-state index in [0.29, 0.717) is 13.1 Å². The Morgan fingerprint density at radius 1 is 1.36 bits per heavy atom. The number of halogens is 1. The van der Waals surface area contributed by atoms with E-state index in [1.54, 1.807) is 0 Å². The molecule has 0 aromatic rings. The van der Waals surface area contributed by atoms with Gasteiger partial charge in [0, 0.05) is 13.1 Å². The summed E-state index contributed by atoms with van der Waals surface area (Å²) in [6.45, 7) is 0.792. The molecule has 1 rings (SSSR count). The van der Waals surface area contributed by atoms with Gasteiger partial charge in [0.25, 0.3) is 0 Å². The minimum atomic E-state index is -0.963. The molecule has 5 heteroatoms. The molecule has 4 nitrogen and oxygen atoms in total. The molecule has 0 aliphatic carbocycles. The summed E-state index contributed by atoms with van der Waals surface area (Å²) in [4.78, 5) is 23.7. The molecule has 14 heavy (non-hydrogen) atoms. The third-order valence-corrected chi connectivity index (χ3v) is 1.91. The van der Waals surface area contributed by atoms with Gasteiger partial charge in [-0.1, -0.05) is 0 Å². The van der Waals surface area contributed by atoms with E-state index in [-0.39, 0.29) is 6.61 Å². The van der Waals surface area contributed by atoms with Crippen molar-refractivity contribution in [3.63, 3.8) is 0 Å². The Labute approximate surface area is 81.0 Å². The summed E-state index contributed by atoms with van der Waals surface area (Å²) >= 11 is 0. The van der Waals surface area contributed by atoms with Crippen LogP contribution in [0.15, 0.2) is 0 Å². The summed E-state index contributed by atoms with van der Waals surface area (Å²) in [6.07, 6.45) is 2.89. The van der Waals surface area contributed by atoms with Crippen LogP contribution < -0.4 is 0 Å². The molecule has 1 saturated heterocycles. The molecule has 0 bridgehead atoms. The fourth-order valence-corrected chi connectivity index (χ4v) is 1.24. The second kappa shape index (κ2) is 5.22. The largest absolute Gasteiger partial charge is 0.445 e. The van der Waals surface area contributed by atoms with Crippen LogP contribution in [-0.2, 0) is 14.3 Å². The van der Waals surface area contributed by atoms with E-state index in [0.717, 1.165) is 19.0 Å². The highest BCUT2D eigenvalue weighted by Gasteiger charge is 2.25. The molecule has 76 valence electrons. The number of nitrogens with zero attached hydrogens (tertiary/aromatic N) is 1. The van der Waals surface area contributed by atoms with Crippen molar-refractivity contribution in [2.45, 2.75) is 12.8 Å². The van der Waals surface area contributed by atoms with Crippen molar-refractivity contribution in [1.82, 2.24) is 4.90 Å². The van der Waals surface area contributed by atoms with Crippen LogP contribution in [0, 0.1) is 12.1 Å². The van der Waals surface area contributed by atoms with Gasteiger partial charge in [-0.3, -0.25) is 4.79 Å². The lowest BCUT2D eigenvalue weighted by atomic mass is 10.4. The Bertz CT molecular complexity index is 286. The number of carbonyl (C=O) groups is 2. The zero-order valence-corrected chi connectivity index (χ0v) is 7.59. The highest BCUT2D eigenvalue weighted by molar-refractivity contribution is 6.32. The lowest BCUT2D eigenvalue weighted by Gasteiger charge is -2.12. The molecule has 0 unspecified atom stereocenters. The minimum Gasteiger partial charge on any atom is -0.445 e. The van der Waals surface area contributed by atoms with Gasteiger partial charge in [0.2, 0.25) is 0 Å². The molecule has 0 N–H and O–H groups in total. The molecule has 1 heterocycles. The maximum Gasteiger partial charge on any atom is 0.397 e. The van der Waals surface area contributed by atoms with Gasteiger partial charge in [-0.15, -0.1) is 4.39 Å². The van der Waals surface area contributed by atoms with Gasteiger partial charge in [0.1, 0.15) is 6.17 Å². The van der Waals surface area contributed by atoms with Crippen LogP contribution in [0.3, 0.4) is 0 Å². The van der Waals surface area contributed by atoms with Gasteiger partial charge in [0.15, 0.2) is 6.61 Å². The third kappa shape index (κ3) is 2.73. The Morgan fingerprint density at radius 2 is 2.00 bits per heavy atom. The van der Waals surface area contributed by atoms with Gasteiger partial charge in [-0.2, -0.15) is 0 Å². The van der Waals surface area contributed by atoms with Gasteiger partial charge < -0.3 is 9.64 Å². The van der Waals surface area contributed by atoms with Crippen molar-refractivity contribution in [2.75, 3.05) is 19.7 Å². The highest BCUT2D eigenvalue weighted by Crippen LogP contribution is 2.07. The molecule has 0 atom stereocenters. The first kappa shape index (κ1) is 10.5. The Balaban J connectivity index is 2.34. The van der Waals surface area contributed by atoms with Gasteiger partial charge in [-0.05, 0) is 18.8 Å². The molecule has 0 spiro atoms. The van der Waals surface area contributed by atoms with Crippen molar-refractivity contribution in [3.05, 3.63) is 0 Å². The fourth-order valence-electron chi connectivity index (χ4n) is 1.24. The number of rotatable bonds is 1. The average Bonchev–Trinajstić information content (AvgIpc) is 2.69. The van der Waals surface area contributed by atoms with Crippen molar-refractivity contribution >= 4 is 11.9 Å². The quantitative estimate of drug-likeness (QED) is 0.341. The van der Waals surface area contributed by atoms with E-state index in [1.165, 1.54) is 4.90 Å². The predicted octanol–water partition coefficient (Wildman–Crippen LogP) is 0.0824. The summed E-state index contributed by atoms with van der Waals surface area (Å²) < 4.78 is 15.7. The number of hydrogen-bond donors (Lipinski definition) is 0. The summed E-state index contributed by atoms with van der Waals surface area (Å²) in [6, 6.07) is 0. The van der Waals surface area contributed by atoms with Crippen molar-refractivity contribution < 1.29 is 18.7 Å². The van der Waals surface area contributed by atoms with Crippen molar-refractivity contribution in [1.29, 1.82) is 0 Å². The Hall–Kier alpha value is -1.57. The first-order valence-electron chi connectivity index (χ1n) is 4.30. The predicted molar refractivity (Wildman–Crippen MR) is 45.7 cm³/mol. The van der Waals surface area contributed by atoms with Crippen LogP contribution in [0.2, 0.25) is 0 Å². The molecule has 1 aliphatic heterocycles. The normalized spacial score (nSPS) is 14.5. The van der Waals surface area contributed by atoms with E-state index in [9.17, 15) is 14.0 Å². The average molecular weight is 199 g/mol. The minimum absolute atomic E-state index is 0.380. The van der Waals surface area contributed by atoms with Crippen LogP contribution in [0.4, 0.5) is 4.39 Å². The van der Waals surface area contributed by atoms with E-state index in [1.807, 2.05) is 5.92 Å². The van der Waals surface area contributed by atoms with Crippen LogP contribution >= 0.6 is 0 Å². The standard InChI is InChI=1S/C9H10FNO3/c10-4-3-7-14-9(13)8(12)11-5-1-2-6-11/h1-2,5-7H2. The maximum atomic E-state index is 11.3. The monoisotopic (exact) mass is 199 g/mol. The molecule has 0 radical (unpaired) electrons. The number of ether oxygens (including phenoxy) is 1. The molecular weight excluding hydrogens is 189 g/mol. The maximum absolute atomic E-state index is 11.3. The lowest BCUT2D eigenvalue weighted by Crippen LogP contribution is -2.35. The molecule has 1 fully saturated rings. The third-order valence-electron chi connectivity index (χ3n) is 1.91. The van der Waals surface area contributed by atoms with Crippen LogP contribution in [-0.4, -0.2) is 36.5 Å². The number of likely N-dealkylation sites (tertiary alicyclic amines) is 1. The number of carbonyl (C=O) groups excluding carboxylic acids is 2. The number of esters is 1. The molecule has 1 amide bonds. The fraction of sp³-hybridized carbons (Fsp3) is 0.556. The van der Waals surface area contributed by atoms with Gasteiger partial charge in [0.05, 0.1) is 0 Å². The summed E-state index contributed by atoms with van der Waals surface area (Å²) in [5, 5.41) is 0. The second-order valence-electron chi connectivity index (χ2n) is 2.85. The van der Waals surface area contributed by atoms with Crippen LogP contribution in [0.25, 0.3) is 0 Å². The molecular formula is C9H10FNO3. The molecule has 1 aliphatic rings. The molecule has 0 aromatic heterocycles. The van der Waals surface area contributed by atoms with E-state index >= 15 is 0 Å². The zero-order chi connectivity index (χ0) is 10.4. The van der Waals surface area contributed by atoms with E-state index in [4.69, 9.17) is 0 Å². The zero-order valence-electron chi connectivity index (χ0n) is 7.59. The van der Waals surface area contributed by atoms with Gasteiger partial charge >= 0.3 is 11.9 Å². The van der Waals surface area contributed by atoms with Gasteiger partial charge in [-0.25, -0.2) is 4.79 Å². The molecule has 0 saturated carbocycles. The van der Waals surface area contributed by atoms with E-state index < -0.39 is 11.9 Å². The smallest absolute Gasteiger partial charge is 0.397 e. The Morgan fingerprint density at radius 3 is 2.57 bits per heavy atom. The first-order chi connectivity index (χ1) is 6.75. The summed E-state index contributed by atoms with van der Waals surface area (Å²) in [5.74, 6) is 0.267. The highest BCUT2D eigenvalue weighted by atomic mass is 19.1. The van der Waals surface area contributed by atoms with E-state index in [2.05, 4.69) is 4.74 Å². The summed E-state index contributed by atoms with van der Waals surface area (Å²) in [5.41, 5.74) is 0. The molecule has 0 aromatic carbocycles. The Kier molecular flexibility index (Phi) is 3.92. The van der Waals surface area contributed by atoms with Crippen molar-refractivity contribution in [3.8, 4) is 12.1 Å². The topological polar surface area (TPSA) is 46.6 Å². The number of amides is 1. The van der Waals surface area contributed by atoms with Crippen LogP contribution in [0.5, 0.6) is 0 Å². The van der Waals surface area contributed by atoms with Crippen molar-refractivity contribution in [2.24, 2.45) is 0 Å². The van der Waals surface area contributed by atoms with Crippen LogP contribution in [0.1, 0.15) is 12.8 Å². The first-order valence-corrected chi connectivity index (χ1v) is 4.30. The second-order valence-corrected chi connectivity index (χ2v) is 2.85. The SMILES string of the molecule is O=C(OCC#CF)C(=O)N1CCCC1.